The average molecular weight is 551 g/mol. The SMILES string of the molecule is COC[C@H](C)N1C[C@H](C)[C@@H](CN(C)Cc2ccc(Cl)cc2)Oc2c(NC(=O)c3ccncc3)cccc2C1=O. The van der Waals surface area contributed by atoms with E-state index >= 15 is 0 Å². The first-order valence-electron chi connectivity index (χ1n) is 13.0. The number of nitrogens with zero attached hydrogens (tertiary/aromatic N) is 3. The first-order valence-corrected chi connectivity index (χ1v) is 13.4. The van der Waals surface area contributed by atoms with Crippen molar-refractivity contribution in [1.29, 1.82) is 0 Å². The van der Waals surface area contributed by atoms with Gasteiger partial charge in [0.05, 0.1) is 23.9 Å². The van der Waals surface area contributed by atoms with Gasteiger partial charge < -0.3 is 19.7 Å². The highest BCUT2D eigenvalue weighted by molar-refractivity contribution is 6.30. The fourth-order valence-corrected chi connectivity index (χ4v) is 4.89. The summed E-state index contributed by atoms with van der Waals surface area (Å²) in [6.07, 6.45) is 2.87. The van der Waals surface area contributed by atoms with Crippen LogP contribution in [0.4, 0.5) is 5.69 Å². The molecule has 39 heavy (non-hydrogen) atoms. The number of pyridine rings is 1. The van der Waals surface area contributed by atoms with E-state index in [1.54, 1.807) is 49.8 Å². The van der Waals surface area contributed by atoms with Crippen LogP contribution in [0.3, 0.4) is 0 Å². The number of carbonyl (C=O) groups is 2. The van der Waals surface area contributed by atoms with Gasteiger partial charge in [0, 0.05) is 55.6 Å². The number of hydrogen-bond acceptors (Lipinski definition) is 6. The van der Waals surface area contributed by atoms with E-state index in [0.29, 0.717) is 53.8 Å². The second kappa shape index (κ2) is 13.1. The van der Waals surface area contributed by atoms with Gasteiger partial charge in [-0.15, -0.1) is 0 Å². The van der Waals surface area contributed by atoms with Crippen LogP contribution in [0.1, 0.15) is 40.1 Å². The molecule has 0 aliphatic carbocycles. The number of benzene rings is 2. The van der Waals surface area contributed by atoms with E-state index in [1.165, 1.54) is 0 Å². The fraction of sp³-hybridized carbons (Fsp3) is 0.367. The zero-order valence-corrected chi connectivity index (χ0v) is 23.5. The maximum atomic E-state index is 13.8. The van der Waals surface area contributed by atoms with E-state index < -0.39 is 0 Å². The molecule has 1 aromatic heterocycles. The second-order valence-electron chi connectivity index (χ2n) is 10.1. The summed E-state index contributed by atoms with van der Waals surface area (Å²) < 4.78 is 12.0. The Bertz CT molecular complexity index is 1270. The minimum Gasteiger partial charge on any atom is -0.486 e. The molecule has 0 saturated heterocycles. The van der Waals surface area contributed by atoms with Gasteiger partial charge in [0.1, 0.15) is 6.10 Å². The van der Waals surface area contributed by atoms with Crippen molar-refractivity contribution in [3.63, 3.8) is 0 Å². The number of fused-ring (bicyclic) bond motifs is 1. The summed E-state index contributed by atoms with van der Waals surface area (Å²) in [5.41, 5.74) is 2.45. The Morgan fingerprint density at radius 3 is 2.62 bits per heavy atom. The van der Waals surface area contributed by atoms with Crippen LogP contribution >= 0.6 is 11.6 Å². The van der Waals surface area contributed by atoms with Gasteiger partial charge in [-0.25, -0.2) is 0 Å². The standard InChI is InChI=1S/C30H35ClN4O4/c1-20-16-35(21(2)19-38-4)30(37)25-6-5-7-26(33-29(36)23-12-14-32-15-13-23)28(25)39-27(20)18-34(3)17-22-8-10-24(31)11-9-22/h5-15,20-21,27H,16-19H2,1-4H3,(H,33,36)/t20-,21-,27+/m0/s1. The van der Waals surface area contributed by atoms with Gasteiger partial charge in [0.15, 0.2) is 5.75 Å². The zero-order chi connectivity index (χ0) is 27.9. The van der Waals surface area contributed by atoms with E-state index in [1.807, 2.05) is 43.1 Å². The molecule has 0 fully saturated rings. The highest BCUT2D eigenvalue weighted by Crippen LogP contribution is 2.35. The number of carbonyl (C=O) groups excluding carboxylic acids is 2. The quantitative estimate of drug-likeness (QED) is 0.404. The third-order valence-corrected chi connectivity index (χ3v) is 7.13. The minimum atomic E-state index is -0.307. The minimum absolute atomic E-state index is 0.00182. The van der Waals surface area contributed by atoms with Crippen molar-refractivity contribution >= 4 is 29.1 Å². The monoisotopic (exact) mass is 550 g/mol. The second-order valence-corrected chi connectivity index (χ2v) is 10.5. The Kier molecular flexibility index (Phi) is 9.56. The van der Waals surface area contributed by atoms with Crippen molar-refractivity contribution in [2.45, 2.75) is 32.5 Å². The van der Waals surface area contributed by atoms with Crippen LogP contribution in [0.25, 0.3) is 0 Å². The van der Waals surface area contributed by atoms with Crippen LogP contribution in [0.5, 0.6) is 5.75 Å². The number of likely N-dealkylation sites (N-methyl/N-ethyl adjacent to an activating group) is 1. The van der Waals surface area contributed by atoms with Crippen LogP contribution in [-0.2, 0) is 11.3 Å². The molecule has 3 atom stereocenters. The van der Waals surface area contributed by atoms with Gasteiger partial charge in [-0.05, 0) is 55.9 Å². The Hall–Kier alpha value is -3.46. The van der Waals surface area contributed by atoms with Gasteiger partial charge in [0.2, 0.25) is 0 Å². The van der Waals surface area contributed by atoms with Gasteiger partial charge >= 0.3 is 0 Å². The molecule has 1 aliphatic heterocycles. The number of methoxy groups -OCH3 is 1. The lowest BCUT2D eigenvalue weighted by Crippen LogP contribution is -2.50. The summed E-state index contributed by atoms with van der Waals surface area (Å²) in [6.45, 7) is 6.30. The molecular weight excluding hydrogens is 516 g/mol. The molecule has 0 radical (unpaired) electrons. The van der Waals surface area contributed by atoms with Crippen molar-refractivity contribution in [2.75, 3.05) is 39.2 Å². The van der Waals surface area contributed by atoms with E-state index in [4.69, 9.17) is 21.1 Å². The molecule has 8 nitrogen and oxygen atoms in total. The van der Waals surface area contributed by atoms with Crippen LogP contribution < -0.4 is 10.1 Å². The Labute approximate surface area is 234 Å². The summed E-state index contributed by atoms with van der Waals surface area (Å²) in [5.74, 6) is -0.0960. The highest BCUT2D eigenvalue weighted by Gasteiger charge is 2.34. The third kappa shape index (κ3) is 7.15. The molecule has 1 aliphatic rings. The molecule has 0 bridgehead atoms. The number of aromatic nitrogens is 1. The van der Waals surface area contributed by atoms with E-state index in [0.717, 1.165) is 5.56 Å². The van der Waals surface area contributed by atoms with Gasteiger partial charge in [-0.1, -0.05) is 36.7 Å². The Morgan fingerprint density at radius 2 is 1.92 bits per heavy atom. The normalized spacial score (nSPS) is 18.1. The van der Waals surface area contributed by atoms with Crippen molar-refractivity contribution < 1.29 is 19.1 Å². The molecular formula is C30H35ClN4O4. The highest BCUT2D eigenvalue weighted by atomic mass is 35.5. The number of nitrogens with one attached hydrogen (secondary N) is 1. The predicted molar refractivity (Wildman–Crippen MR) is 152 cm³/mol. The topological polar surface area (TPSA) is 84.0 Å². The Morgan fingerprint density at radius 1 is 1.21 bits per heavy atom. The summed E-state index contributed by atoms with van der Waals surface area (Å²) in [6, 6.07) is 16.2. The fourth-order valence-electron chi connectivity index (χ4n) is 4.76. The molecule has 0 saturated carbocycles. The van der Waals surface area contributed by atoms with Gasteiger partial charge in [0.25, 0.3) is 11.8 Å². The van der Waals surface area contributed by atoms with Gasteiger partial charge in [-0.2, -0.15) is 0 Å². The van der Waals surface area contributed by atoms with E-state index in [-0.39, 0.29) is 29.9 Å². The summed E-state index contributed by atoms with van der Waals surface area (Å²) in [4.78, 5) is 34.8. The maximum Gasteiger partial charge on any atom is 0.258 e. The number of halogens is 1. The number of hydrogen-bond donors (Lipinski definition) is 1. The largest absolute Gasteiger partial charge is 0.486 e. The first kappa shape index (κ1) is 28.5. The first-order chi connectivity index (χ1) is 18.8. The number of rotatable bonds is 9. The third-order valence-electron chi connectivity index (χ3n) is 6.88. The molecule has 206 valence electrons. The predicted octanol–water partition coefficient (Wildman–Crippen LogP) is 4.99. The molecule has 2 amide bonds. The molecule has 4 rings (SSSR count). The number of anilines is 1. The maximum absolute atomic E-state index is 13.8. The lowest BCUT2D eigenvalue weighted by Gasteiger charge is -2.39. The summed E-state index contributed by atoms with van der Waals surface area (Å²) in [7, 11) is 3.67. The number of ether oxygens (including phenoxy) is 2. The Balaban J connectivity index is 1.66. The summed E-state index contributed by atoms with van der Waals surface area (Å²) >= 11 is 6.06. The molecule has 3 aromatic rings. The lowest BCUT2D eigenvalue weighted by atomic mass is 9.98. The molecule has 1 N–H and O–H groups in total. The van der Waals surface area contributed by atoms with Crippen molar-refractivity contribution in [3.05, 3.63) is 88.7 Å². The average Bonchev–Trinajstić information content (AvgIpc) is 2.93. The van der Waals surface area contributed by atoms with E-state index in [9.17, 15) is 9.59 Å². The summed E-state index contributed by atoms with van der Waals surface area (Å²) in [5, 5.41) is 3.65. The van der Waals surface area contributed by atoms with E-state index in [2.05, 4.69) is 22.1 Å². The number of para-hydroxylation sites is 1. The molecule has 2 aromatic carbocycles. The number of amides is 2. The molecule has 2 heterocycles. The van der Waals surface area contributed by atoms with Crippen molar-refractivity contribution in [3.8, 4) is 5.75 Å². The van der Waals surface area contributed by atoms with Crippen LogP contribution in [-0.4, -0.2) is 72.6 Å². The van der Waals surface area contributed by atoms with Crippen molar-refractivity contribution in [1.82, 2.24) is 14.8 Å². The van der Waals surface area contributed by atoms with Crippen molar-refractivity contribution in [2.24, 2.45) is 5.92 Å². The lowest BCUT2D eigenvalue weighted by molar-refractivity contribution is 0.0299. The molecule has 0 spiro atoms. The smallest absolute Gasteiger partial charge is 0.258 e. The zero-order valence-electron chi connectivity index (χ0n) is 22.8. The van der Waals surface area contributed by atoms with Crippen LogP contribution in [0, 0.1) is 5.92 Å². The molecule has 0 unspecified atom stereocenters. The van der Waals surface area contributed by atoms with Crippen LogP contribution in [0.15, 0.2) is 67.0 Å². The van der Waals surface area contributed by atoms with Crippen LogP contribution in [0.2, 0.25) is 5.02 Å². The van der Waals surface area contributed by atoms with Gasteiger partial charge in [-0.3, -0.25) is 19.5 Å². The molecule has 9 heteroatoms.